The van der Waals surface area contributed by atoms with Gasteiger partial charge in [0.1, 0.15) is 0 Å². The Labute approximate surface area is 138 Å². The number of ketones is 1. The van der Waals surface area contributed by atoms with E-state index in [4.69, 9.17) is 0 Å². The summed E-state index contributed by atoms with van der Waals surface area (Å²) < 4.78 is 0. The quantitative estimate of drug-likeness (QED) is 0.758. The third kappa shape index (κ3) is 4.20. The van der Waals surface area contributed by atoms with Crippen LogP contribution in [0.1, 0.15) is 48.9 Å². The fourth-order valence-electron chi connectivity index (χ4n) is 3.75. The summed E-state index contributed by atoms with van der Waals surface area (Å²) in [4.78, 5) is 29.2. The van der Waals surface area contributed by atoms with E-state index in [1.54, 1.807) is 0 Å². The van der Waals surface area contributed by atoms with Crippen LogP contribution in [-0.4, -0.2) is 53.7 Å². The number of hydrogen-bond donors (Lipinski definition) is 0. The van der Waals surface area contributed by atoms with Crippen LogP contribution < -0.4 is 0 Å². The summed E-state index contributed by atoms with van der Waals surface area (Å²) >= 11 is 0. The first-order valence-corrected chi connectivity index (χ1v) is 8.84. The first kappa shape index (κ1) is 16.2. The predicted octanol–water partition coefficient (Wildman–Crippen LogP) is 2.74. The van der Waals surface area contributed by atoms with Gasteiger partial charge in [-0.1, -0.05) is 30.3 Å². The Morgan fingerprint density at radius 3 is 2.43 bits per heavy atom. The van der Waals surface area contributed by atoms with Crippen LogP contribution in [0.5, 0.6) is 0 Å². The number of carbonyl (C=O) groups excluding carboxylic acids is 2. The Morgan fingerprint density at radius 1 is 0.957 bits per heavy atom. The zero-order valence-corrected chi connectivity index (χ0v) is 13.7. The molecule has 0 aromatic heterocycles. The van der Waals surface area contributed by atoms with Crippen molar-refractivity contribution in [2.24, 2.45) is 0 Å². The summed E-state index contributed by atoms with van der Waals surface area (Å²) in [5, 5.41) is 0. The van der Waals surface area contributed by atoms with Gasteiger partial charge in [-0.15, -0.1) is 0 Å². The van der Waals surface area contributed by atoms with Crippen LogP contribution in [0, 0.1) is 0 Å². The second-order valence-corrected chi connectivity index (χ2v) is 6.68. The van der Waals surface area contributed by atoms with Crippen LogP contribution in [0.25, 0.3) is 0 Å². The number of Topliss-reactive ketones (excluding diaryl/α,β-unsaturated/α-hetero) is 1. The summed E-state index contributed by atoms with van der Waals surface area (Å²) in [7, 11) is 0. The summed E-state index contributed by atoms with van der Waals surface area (Å²) in [5.41, 5.74) is 0.704. The molecule has 23 heavy (non-hydrogen) atoms. The lowest BCUT2D eigenvalue weighted by Gasteiger charge is -2.28. The van der Waals surface area contributed by atoms with Crippen molar-refractivity contribution in [1.29, 1.82) is 0 Å². The molecule has 3 rings (SSSR count). The van der Waals surface area contributed by atoms with Crippen LogP contribution in [0.15, 0.2) is 30.3 Å². The molecule has 2 aliphatic heterocycles. The van der Waals surface area contributed by atoms with Gasteiger partial charge >= 0.3 is 0 Å². The molecule has 4 nitrogen and oxygen atoms in total. The van der Waals surface area contributed by atoms with Gasteiger partial charge in [-0.3, -0.25) is 9.59 Å². The third-order valence-electron chi connectivity index (χ3n) is 5.03. The molecule has 2 aliphatic rings. The Balaban J connectivity index is 1.49. The van der Waals surface area contributed by atoms with Crippen LogP contribution in [-0.2, 0) is 4.79 Å². The molecule has 124 valence electrons. The van der Waals surface area contributed by atoms with Crippen molar-refractivity contribution in [3.05, 3.63) is 35.9 Å². The lowest BCUT2D eigenvalue weighted by molar-refractivity contribution is -0.132. The first-order valence-electron chi connectivity index (χ1n) is 8.84. The molecule has 1 atom stereocenters. The minimum Gasteiger partial charge on any atom is -0.338 e. The van der Waals surface area contributed by atoms with Crippen molar-refractivity contribution < 1.29 is 9.59 Å². The Bertz CT molecular complexity index is 538. The molecule has 2 saturated heterocycles. The molecular weight excluding hydrogens is 288 g/mol. The smallest absolute Gasteiger partial charge is 0.223 e. The minimum absolute atomic E-state index is 0.0641. The molecule has 0 unspecified atom stereocenters. The maximum atomic E-state index is 12.5. The lowest BCUT2D eigenvalue weighted by Crippen LogP contribution is -2.42. The molecule has 1 aromatic rings. The highest BCUT2D eigenvalue weighted by Gasteiger charge is 2.30. The van der Waals surface area contributed by atoms with Crippen molar-refractivity contribution in [3.63, 3.8) is 0 Å². The second kappa shape index (κ2) is 7.73. The van der Waals surface area contributed by atoms with Crippen molar-refractivity contribution >= 4 is 11.7 Å². The monoisotopic (exact) mass is 314 g/mol. The molecule has 0 N–H and O–H groups in total. The largest absolute Gasteiger partial charge is 0.338 e. The van der Waals surface area contributed by atoms with Crippen molar-refractivity contribution in [2.75, 3.05) is 26.2 Å². The van der Waals surface area contributed by atoms with E-state index in [9.17, 15) is 9.59 Å². The van der Waals surface area contributed by atoms with E-state index < -0.39 is 0 Å². The van der Waals surface area contributed by atoms with Crippen molar-refractivity contribution in [2.45, 2.75) is 44.6 Å². The highest BCUT2D eigenvalue weighted by Crippen LogP contribution is 2.21. The molecule has 0 spiro atoms. The fourth-order valence-corrected chi connectivity index (χ4v) is 3.75. The van der Waals surface area contributed by atoms with Gasteiger partial charge in [0, 0.05) is 37.5 Å². The van der Waals surface area contributed by atoms with E-state index in [0.717, 1.165) is 25.9 Å². The predicted molar refractivity (Wildman–Crippen MR) is 90.4 cm³/mol. The maximum Gasteiger partial charge on any atom is 0.223 e. The van der Waals surface area contributed by atoms with Gasteiger partial charge in [0.25, 0.3) is 0 Å². The Kier molecular flexibility index (Phi) is 5.44. The lowest BCUT2D eigenvalue weighted by atomic mass is 10.1. The summed E-state index contributed by atoms with van der Waals surface area (Å²) in [6, 6.07) is 9.61. The molecule has 2 fully saturated rings. The fraction of sp³-hybridized carbons (Fsp3) is 0.579. The number of benzene rings is 1. The molecule has 2 heterocycles. The highest BCUT2D eigenvalue weighted by molar-refractivity contribution is 5.97. The number of amides is 1. The molecule has 4 heteroatoms. The zero-order valence-electron chi connectivity index (χ0n) is 13.7. The number of hydrogen-bond acceptors (Lipinski definition) is 3. The van der Waals surface area contributed by atoms with E-state index in [0.29, 0.717) is 24.4 Å². The van der Waals surface area contributed by atoms with E-state index in [2.05, 4.69) is 4.90 Å². The van der Waals surface area contributed by atoms with E-state index >= 15 is 0 Å². The van der Waals surface area contributed by atoms with Gasteiger partial charge in [0.05, 0.1) is 0 Å². The van der Waals surface area contributed by atoms with E-state index in [1.807, 2.05) is 35.2 Å². The standard InChI is InChI=1S/C19H26N2O2/c22-18(16-7-2-1-3-8-16)10-11-19(23)21-14-6-9-17(21)15-20-12-4-5-13-20/h1-3,7-8,17H,4-6,9-15H2/t17-/m1/s1. The van der Waals surface area contributed by atoms with Gasteiger partial charge in [-0.05, 0) is 38.8 Å². The molecular formula is C19H26N2O2. The number of rotatable bonds is 6. The van der Waals surface area contributed by atoms with Crippen LogP contribution in [0.3, 0.4) is 0 Å². The molecule has 1 aromatic carbocycles. The SMILES string of the molecule is O=C(CCC(=O)N1CCC[C@@H]1CN1CCCC1)c1ccccc1. The second-order valence-electron chi connectivity index (χ2n) is 6.68. The normalized spacial score (nSPS) is 21.7. The molecule has 1 amide bonds. The zero-order chi connectivity index (χ0) is 16.1. The van der Waals surface area contributed by atoms with E-state index in [-0.39, 0.29) is 11.7 Å². The molecule has 0 bridgehead atoms. The maximum absolute atomic E-state index is 12.5. The van der Waals surface area contributed by atoms with Gasteiger partial charge in [-0.2, -0.15) is 0 Å². The average Bonchev–Trinajstić information content (AvgIpc) is 3.25. The topological polar surface area (TPSA) is 40.6 Å². The first-order chi connectivity index (χ1) is 11.2. The van der Waals surface area contributed by atoms with Gasteiger partial charge < -0.3 is 9.80 Å². The number of likely N-dealkylation sites (tertiary alicyclic amines) is 2. The number of carbonyl (C=O) groups is 2. The molecule has 0 saturated carbocycles. The Morgan fingerprint density at radius 2 is 1.70 bits per heavy atom. The van der Waals surface area contributed by atoms with Gasteiger partial charge in [-0.25, -0.2) is 0 Å². The van der Waals surface area contributed by atoms with Gasteiger partial charge in [0.15, 0.2) is 5.78 Å². The number of nitrogens with zero attached hydrogens (tertiary/aromatic N) is 2. The minimum atomic E-state index is 0.0641. The van der Waals surface area contributed by atoms with Crippen LogP contribution in [0.4, 0.5) is 0 Å². The molecule has 0 aliphatic carbocycles. The Hall–Kier alpha value is -1.68. The van der Waals surface area contributed by atoms with Crippen molar-refractivity contribution in [3.8, 4) is 0 Å². The van der Waals surface area contributed by atoms with Crippen LogP contribution >= 0.6 is 0 Å². The van der Waals surface area contributed by atoms with E-state index in [1.165, 1.54) is 25.9 Å². The summed E-state index contributed by atoms with van der Waals surface area (Å²) in [6.07, 6.45) is 5.42. The van der Waals surface area contributed by atoms with Crippen molar-refractivity contribution in [1.82, 2.24) is 9.80 Å². The highest BCUT2D eigenvalue weighted by atomic mass is 16.2. The third-order valence-corrected chi connectivity index (χ3v) is 5.03. The van der Waals surface area contributed by atoms with Gasteiger partial charge in [0.2, 0.25) is 5.91 Å². The average molecular weight is 314 g/mol. The molecule has 0 radical (unpaired) electrons. The summed E-state index contributed by atoms with van der Waals surface area (Å²) in [6.45, 7) is 4.21. The summed E-state index contributed by atoms with van der Waals surface area (Å²) in [5.74, 6) is 0.213. The van der Waals surface area contributed by atoms with Crippen LogP contribution in [0.2, 0.25) is 0 Å².